The summed E-state index contributed by atoms with van der Waals surface area (Å²) in [5.74, 6) is 0.805. The molecule has 0 aromatic carbocycles. The van der Waals surface area contributed by atoms with Gasteiger partial charge in [-0.3, -0.25) is 4.68 Å². The number of fused-ring (bicyclic) bond motifs is 1. The maximum atomic E-state index is 9.56. The molecule has 1 fully saturated rings. The van der Waals surface area contributed by atoms with Crippen LogP contribution in [0.1, 0.15) is 37.2 Å². The minimum absolute atomic E-state index is 0.0919. The van der Waals surface area contributed by atoms with Crippen molar-refractivity contribution in [2.45, 2.75) is 32.2 Å². The van der Waals surface area contributed by atoms with Crippen molar-refractivity contribution >= 4 is 16.9 Å². The molecule has 1 aliphatic rings. The standard InChI is InChI=1S/C23H22N10/c1-2-17-11-27-23(19(9-25)31-17)32-8-5-15(12-32)20(3-6-24)33-13-16(10-30-33)21-18-4-7-26-22(18)29-14-28-21/h4,7,10-11,13-15,20H,2-3,5,8,12H2,1H3,(H,26,28,29)/t15-,20-/m0/s1. The lowest BCUT2D eigenvalue weighted by Crippen LogP contribution is -2.26. The molecule has 2 atom stereocenters. The maximum Gasteiger partial charge on any atom is 0.183 e. The molecule has 4 aromatic heterocycles. The molecule has 0 spiro atoms. The summed E-state index contributed by atoms with van der Waals surface area (Å²) in [4.78, 5) is 22.8. The van der Waals surface area contributed by atoms with Crippen LogP contribution in [0.3, 0.4) is 0 Å². The number of hydrogen-bond donors (Lipinski definition) is 1. The monoisotopic (exact) mass is 438 g/mol. The van der Waals surface area contributed by atoms with Crippen LogP contribution in [0.4, 0.5) is 5.82 Å². The lowest BCUT2D eigenvalue weighted by molar-refractivity contribution is 0.332. The summed E-state index contributed by atoms with van der Waals surface area (Å²) in [6, 6.07) is 6.36. The molecule has 5 rings (SSSR count). The Morgan fingerprint density at radius 3 is 2.97 bits per heavy atom. The third kappa shape index (κ3) is 3.76. The van der Waals surface area contributed by atoms with Gasteiger partial charge in [-0.05, 0) is 18.9 Å². The number of aromatic nitrogens is 7. The van der Waals surface area contributed by atoms with Crippen LogP contribution in [0.25, 0.3) is 22.3 Å². The minimum atomic E-state index is -0.0919. The van der Waals surface area contributed by atoms with E-state index in [-0.39, 0.29) is 12.0 Å². The van der Waals surface area contributed by atoms with Gasteiger partial charge in [0.25, 0.3) is 0 Å². The second kappa shape index (κ2) is 8.67. The van der Waals surface area contributed by atoms with Gasteiger partial charge in [-0.1, -0.05) is 6.92 Å². The van der Waals surface area contributed by atoms with Crippen molar-refractivity contribution in [2.75, 3.05) is 18.0 Å². The molecule has 164 valence electrons. The van der Waals surface area contributed by atoms with Gasteiger partial charge < -0.3 is 9.88 Å². The number of nitrogens with one attached hydrogen (secondary N) is 1. The van der Waals surface area contributed by atoms with Crippen molar-refractivity contribution in [2.24, 2.45) is 5.92 Å². The van der Waals surface area contributed by atoms with E-state index < -0.39 is 0 Å². The molecule has 1 aliphatic heterocycles. The number of nitrogens with zero attached hydrogens (tertiary/aromatic N) is 9. The molecule has 0 radical (unpaired) electrons. The van der Waals surface area contributed by atoms with Gasteiger partial charge in [0.05, 0.1) is 42.3 Å². The lowest BCUT2D eigenvalue weighted by Gasteiger charge is -2.23. The maximum absolute atomic E-state index is 9.56. The fourth-order valence-corrected chi connectivity index (χ4v) is 4.50. The van der Waals surface area contributed by atoms with Gasteiger partial charge in [0.2, 0.25) is 0 Å². The second-order valence-electron chi connectivity index (χ2n) is 8.09. The van der Waals surface area contributed by atoms with E-state index in [4.69, 9.17) is 0 Å². The van der Waals surface area contributed by atoms with E-state index in [1.54, 1.807) is 12.4 Å². The van der Waals surface area contributed by atoms with Crippen molar-refractivity contribution in [1.29, 1.82) is 10.5 Å². The molecular formula is C23H22N10. The summed E-state index contributed by atoms with van der Waals surface area (Å²) in [7, 11) is 0. The number of H-pyrrole nitrogens is 1. The Kier molecular flexibility index (Phi) is 5.41. The number of nitriles is 2. The average Bonchev–Trinajstić information content (AvgIpc) is 3.62. The average molecular weight is 438 g/mol. The van der Waals surface area contributed by atoms with Gasteiger partial charge in [-0.15, -0.1) is 0 Å². The first-order valence-corrected chi connectivity index (χ1v) is 10.9. The largest absolute Gasteiger partial charge is 0.354 e. The Balaban J connectivity index is 1.40. The van der Waals surface area contributed by atoms with Crippen molar-refractivity contribution in [3.05, 3.63) is 48.6 Å². The van der Waals surface area contributed by atoms with Gasteiger partial charge in [-0.25, -0.2) is 19.9 Å². The van der Waals surface area contributed by atoms with Crippen molar-refractivity contribution in [3.63, 3.8) is 0 Å². The van der Waals surface area contributed by atoms with Crippen molar-refractivity contribution < 1.29 is 0 Å². The summed E-state index contributed by atoms with van der Waals surface area (Å²) >= 11 is 0. The first kappa shape index (κ1) is 20.6. The van der Waals surface area contributed by atoms with Gasteiger partial charge in [0, 0.05) is 42.4 Å². The summed E-state index contributed by atoms with van der Waals surface area (Å²) in [6.45, 7) is 3.43. The molecular weight excluding hydrogens is 416 g/mol. The molecule has 0 aliphatic carbocycles. The molecule has 4 aromatic rings. The molecule has 33 heavy (non-hydrogen) atoms. The fraction of sp³-hybridized carbons (Fsp3) is 0.348. The van der Waals surface area contributed by atoms with Gasteiger partial charge in [0.15, 0.2) is 11.5 Å². The van der Waals surface area contributed by atoms with Gasteiger partial charge >= 0.3 is 0 Å². The predicted octanol–water partition coefficient (Wildman–Crippen LogP) is 3.03. The molecule has 10 nitrogen and oxygen atoms in total. The zero-order valence-corrected chi connectivity index (χ0v) is 18.2. The number of aromatic amines is 1. The number of rotatable bonds is 6. The van der Waals surface area contributed by atoms with Crippen LogP contribution in [0.15, 0.2) is 37.2 Å². The van der Waals surface area contributed by atoms with Crippen LogP contribution in [-0.4, -0.2) is 47.8 Å². The van der Waals surface area contributed by atoms with E-state index in [1.807, 2.05) is 30.1 Å². The van der Waals surface area contributed by atoms with Crippen LogP contribution in [-0.2, 0) is 6.42 Å². The summed E-state index contributed by atoms with van der Waals surface area (Å²) in [6.07, 6.45) is 10.8. The highest BCUT2D eigenvalue weighted by molar-refractivity contribution is 5.89. The van der Waals surface area contributed by atoms with Crippen LogP contribution in [0.2, 0.25) is 0 Å². The van der Waals surface area contributed by atoms with Crippen LogP contribution in [0.5, 0.6) is 0 Å². The Morgan fingerprint density at radius 1 is 1.24 bits per heavy atom. The van der Waals surface area contributed by atoms with E-state index in [0.29, 0.717) is 24.5 Å². The van der Waals surface area contributed by atoms with E-state index >= 15 is 0 Å². The van der Waals surface area contributed by atoms with Crippen molar-refractivity contribution in [1.82, 2.24) is 34.7 Å². The predicted molar refractivity (Wildman–Crippen MR) is 121 cm³/mol. The molecule has 5 heterocycles. The molecule has 1 saturated heterocycles. The first-order valence-electron chi connectivity index (χ1n) is 10.9. The fourth-order valence-electron chi connectivity index (χ4n) is 4.50. The van der Waals surface area contributed by atoms with Gasteiger partial charge in [0.1, 0.15) is 18.0 Å². The lowest BCUT2D eigenvalue weighted by atomic mass is 9.96. The Bertz CT molecular complexity index is 1370. The van der Waals surface area contributed by atoms with E-state index in [0.717, 1.165) is 47.4 Å². The zero-order chi connectivity index (χ0) is 22.8. The highest BCUT2D eigenvalue weighted by Crippen LogP contribution is 2.34. The summed E-state index contributed by atoms with van der Waals surface area (Å²) in [5.41, 5.74) is 3.62. The van der Waals surface area contributed by atoms with Crippen LogP contribution in [0, 0.1) is 28.6 Å². The van der Waals surface area contributed by atoms with Gasteiger partial charge in [-0.2, -0.15) is 15.6 Å². The van der Waals surface area contributed by atoms with E-state index in [9.17, 15) is 10.5 Å². The highest BCUT2D eigenvalue weighted by atomic mass is 15.3. The number of hydrogen-bond acceptors (Lipinski definition) is 8. The van der Waals surface area contributed by atoms with Crippen LogP contribution < -0.4 is 4.90 Å². The quantitative estimate of drug-likeness (QED) is 0.485. The third-order valence-corrected chi connectivity index (χ3v) is 6.21. The number of anilines is 1. The Morgan fingerprint density at radius 2 is 2.15 bits per heavy atom. The summed E-state index contributed by atoms with van der Waals surface area (Å²) < 4.78 is 1.88. The number of aryl methyl sites for hydroxylation is 1. The second-order valence-corrected chi connectivity index (χ2v) is 8.09. The molecule has 0 unspecified atom stereocenters. The third-order valence-electron chi connectivity index (χ3n) is 6.21. The molecule has 1 N–H and O–H groups in total. The Hall–Kier alpha value is -4.31. The zero-order valence-electron chi connectivity index (χ0n) is 18.2. The molecule has 10 heteroatoms. The summed E-state index contributed by atoms with van der Waals surface area (Å²) in [5, 5.41) is 24.6. The first-order chi connectivity index (χ1) is 16.2. The highest BCUT2D eigenvalue weighted by Gasteiger charge is 2.33. The van der Waals surface area contributed by atoms with E-state index in [2.05, 4.69) is 47.1 Å². The van der Waals surface area contributed by atoms with Crippen molar-refractivity contribution in [3.8, 4) is 23.4 Å². The van der Waals surface area contributed by atoms with E-state index in [1.165, 1.54) is 6.33 Å². The SMILES string of the molecule is CCc1cnc(N2CC[C@H]([C@H](CC#N)n3cc(-c4ncnc5[nH]ccc45)cn3)C2)c(C#N)n1. The smallest absolute Gasteiger partial charge is 0.183 e. The van der Waals surface area contributed by atoms with Crippen LogP contribution >= 0.6 is 0 Å². The molecule has 0 bridgehead atoms. The molecule has 0 amide bonds. The minimum Gasteiger partial charge on any atom is -0.354 e. The molecule has 0 saturated carbocycles. The Labute approximate surface area is 190 Å². The normalized spacial score (nSPS) is 16.6. The topological polar surface area (TPSA) is 136 Å².